The summed E-state index contributed by atoms with van der Waals surface area (Å²) in [6.45, 7) is 17.5. The molecule has 1 amide bonds. The molecule has 2 N–H and O–H groups in total. The molecule has 2 heterocycles. The van der Waals surface area contributed by atoms with Crippen LogP contribution in [0.1, 0.15) is 120 Å². The Morgan fingerprint density at radius 3 is 2.31 bits per heavy atom. The Kier molecular flexibility index (Phi) is 7.15. The van der Waals surface area contributed by atoms with E-state index in [1.807, 2.05) is 6.07 Å². The van der Waals surface area contributed by atoms with Gasteiger partial charge < -0.3 is 15.0 Å². The fraction of sp³-hybridized carbons (Fsp3) is 0.700. The summed E-state index contributed by atoms with van der Waals surface area (Å²) in [7, 11) is 0. The van der Waals surface area contributed by atoms with E-state index in [1.165, 1.54) is 32.1 Å². The van der Waals surface area contributed by atoms with Crippen molar-refractivity contribution in [2.45, 2.75) is 123 Å². The smallest absolute Gasteiger partial charge is 0.253 e. The molecule has 4 rings (SSSR count). The highest BCUT2D eigenvalue weighted by Gasteiger charge is 2.43. The highest BCUT2D eigenvalue weighted by Crippen LogP contribution is 2.49. The zero-order valence-corrected chi connectivity index (χ0v) is 23.7. The van der Waals surface area contributed by atoms with Crippen LogP contribution in [-0.4, -0.2) is 37.7 Å². The zero-order valence-electron chi connectivity index (χ0n) is 23.7. The van der Waals surface area contributed by atoms with Crippen molar-refractivity contribution in [1.82, 2.24) is 19.9 Å². The predicted molar refractivity (Wildman–Crippen MR) is 145 cm³/mol. The Morgan fingerprint density at radius 1 is 1.11 bits per heavy atom. The molecule has 2 aromatic heterocycles. The summed E-state index contributed by atoms with van der Waals surface area (Å²) < 4.78 is 2.34. The second-order valence-electron chi connectivity index (χ2n) is 13.3. The van der Waals surface area contributed by atoms with Gasteiger partial charge in [0.05, 0.1) is 28.2 Å². The lowest BCUT2D eigenvalue weighted by molar-refractivity contribution is 0.0694. The van der Waals surface area contributed by atoms with Gasteiger partial charge in [-0.2, -0.15) is 0 Å². The van der Waals surface area contributed by atoms with Gasteiger partial charge in [0, 0.05) is 29.6 Å². The SMILES string of the molecule is Cc1c(-c2cc(C(=O)NCC(C)(C)O)c(C)n2CC2CCCCC2)nc(C(C)(C)C)nc1C1(C)CC1. The van der Waals surface area contributed by atoms with E-state index < -0.39 is 5.60 Å². The lowest BCUT2D eigenvalue weighted by Crippen LogP contribution is -2.38. The Balaban J connectivity index is 1.85. The lowest BCUT2D eigenvalue weighted by atomic mass is 9.89. The van der Waals surface area contributed by atoms with E-state index >= 15 is 0 Å². The Hall–Kier alpha value is -2.21. The number of nitrogens with zero attached hydrogens (tertiary/aromatic N) is 3. The molecule has 0 saturated heterocycles. The van der Waals surface area contributed by atoms with Gasteiger partial charge in [0.1, 0.15) is 5.82 Å². The number of rotatable bonds is 7. The van der Waals surface area contributed by atoms with Crippen LogP contribution in [0.5, 0.6) is 0 Å². The molecule has 6 nitrogen and oxygen atoms in total. The van der Waals surface area contributed by atoms with Crippen molar-refractivity contribution < 1.29 is 9.90 Å². The molecule has 0 bridgehead atoms. The van der Waals surface area contributed by atoms with E-state index in [0.29, 0.717) is 11.5 Å². The normalized spacial score (nSPS) is 18.4. The third-order valence-electron chi connectivity index (χ3n) is 8.09. The molecule has 0 spiro atoms. The van der Waals surface area contributed by atoms with Crippen LogP contribution in [0.15, 0.2) is 6.07 Å². The summed E-state index contributed by atoms with van der Waals surface area (Å²) in [5, 5.41) is 13.1. The van der Waals surface area contributed by atoms with Crippen LogP contribution in [0.4, 0.5) is 0 Å². The van der Waals surface area contributed by atoms with Crippen LogP contribution in [0, 0.1) is 19.8 Å². The first-order chi connectivity index (χ1) is 16.7. The molecule has 36 heavy (non-hydrogen) atoms. The number of aliphatic hydroxyl groups is 1. The molecular formula is C30H46N4O2. The molecule has 0 aromatic carbocycles. The van der Waals surface area contributed by atoms with Gasteiger partial charge in [0.2, 0.25) is 0 Å². The molecule has 2 aliphatic rings. The highest BCUT2D eigenvalue weighted by atomic mass is 16.3. The maximum absolute atomic E-state index is 13.3. The summed E-state index contributed by atoms with van der Waals surface area (Å²) in [6.07, 6.45) is 8.65. The summed E-state index contributed by atoms with van der Waals surface area (Å²) in [5.74, 6) is 1.33. The average Bonchev–Trinajstić information content (AvgIpc) is 3.46. The highest BCUT2D eigenvalue weighted by molar-refractivity contribution is 5.97. The fourth-order valence-electron chi connectivity index (χ4n) is 5.44. The van der Waals surface area contributed by atoms with Crippen molar-refractivity contribution in [2.24, 2.45) is 5.92 Å². The summed E-state index contributed by atoms with van der Waals surface area (Å²) in [4.78, 5) is 23.5. The van der Waals surface area contributed by atoms with Gasteiger partial charge in [-0.1, -0.05) is 47.0 Å². The van der Waals surface area contributed by atoms with E-state index in [1.54, 1.807) is 13.8 Å². The van der Waals surface area contributed by atoms with Crippen LogP contribution >= 0.6 is 0 Å². The fourth-order valence-corrected chi connectivity index (χ4v) is 5.44. The molecule has 2 fully saturated rings. The topological polar surface area (TPSA) is 80.0 Å². The first kappa shape index (κ1) is 26.8. The average molecular weight is 495 g/mol. The van der Waals surface area contributed by atoms with Crippen LogP contribution < -0.4 is 5.32 Å². The van der Waals surface area contributed by atoms with E-state index in [2.05, 4.69) is 51.4 Å². The largest absolute Gasteiger partial charge is 0.389 e. The summed E-state index contributed by atoms with van der Waals surface area (Å²) >= 11 is 0. The number of hydrogen-bond acceptors (Lipinski definition) is 4. The van der Waals surface area contributed by atoms with Crippen LogP contribution in [0.2, 0.25) is 0 Å². The van der Waals surface area contributed by atoms with Crippen molar-refractivity contribution in [2.75, 3.05) is 6.54 Å². The quantitative estimate of drug-likeness (QED) is 0.495. The third-order valence-corrected chi connectivity index (χ3v) is 8.09. The minimum absolute atomic E-state index is 0.116. The molecular weight excluding hydrogens is 448 g/mol. The molecule has 0 unspecified atom stereocenters. The van der Waals surface area contributed by atoms with Crippen molar-refractivity contribution in [1.29, 1.82) is 0 Å². The van der Waals surface area contributed by atoms with Gasteiger partial charge >= 0.3 is 0 Å². The number of carbonyl (C=O) groups excluding carboxylic acids is 1. The molecule has 2 saturated carbocycles. The van der Waals surface area contributed by atoms with Gasteiger partial charge in [0.15, 0.2) is 0 Å². The standard InChI is InChI=1S/C30H46N4O2/c1-19-24(32-27(28(3,4)5)33-25(19)30(8)14-15-30)23-16-22(26(35)31-18-29(6,7)36)20(2)34(23)17-21-12-10-9-11-13-21/h16,21,36H,9-15,17-18H2,1-8H3,(H,31,35). The predicted octanol–water partition coefficient (Wildman–Crippen LogP) is 5.99. The number of amides is 1. The van der Waals surface area contributed by atoms with Gasteiger partial charge in [-0.15, -0.1) is 0 Å². The summed E-state index contributed by atoms with van der Waals surface area (Å²) in [5.41, 5.74) is 4.88. The van der Waals surface area contributed by atoms with Crippen molar-refractivity contribution in [3.05, 3.63) is 34.4 Å². The second kappa shape index (κ2) is 9.59. The number of aromatic nitrogens is 3. The second-order valence-corrected chi connectivity index (χ2v) is 13.3. The minimum Gasteiger partial charge on any atom is -0.389 e. The van der Waals surface area contributed by atoms with Crippen LogP contribution in [-0.2, 0) is 17.4 Å². The van der Waals surface area contributed by atoms with E-state index in [0.717, 1.165) is 53.5 Å². The minimum atomic E-state index is -0.962. The zero-order chi connectivity index (χ0) is 26.5. The van der Waals surface area contributed by atoms with Crippen molar-refractivity contribution >= 4 is 5.91 Å². The van der Waals surface area contributed by atoms with Gasteiger partial charge in [0.25, 0.3) is 5.91 Å². The first-order valence-corrected chi connectivity index (χ1v) is 13.8. The Morgan fingerprint density at radius 2 is 1.75 bits per heavy atom. The maximum atomic E-state index is 13.3. The number of carbonyl (C=O) groups is 1. The molecule has 6 heteroatoms. The van der Waals surface area contributed by atoms with E-state index in [-0.39, 0.29) is 23.3 Å². The molecule has 0 atom stereocenters. The van der Waals surface area contributed by atoms with Crippen LogP contribution in [0.3, 0.4) is 0 Å². The maximum Gasteiger partial charge on any atom is 0.253 e. The monoisotopic (exact) mass is 494 g/mol. The lowest BCUT2D eigenvalue weighted by Gasteiger charge is -2.26. The molecule has 2 aromatic rings. The van der Waals surface area contributed by atoms with Crippen molar-refractivity contribution in [3.8, 4) is 11.4 Å². The Labute approximate surface area is 217 Å². The summed E-state index contributed by atoms with van der Waals surface area (Å²) in [6, 6.07) is 2.03. The Bertz CT molecular complexity index is 1120. The van der Waals surface area contributed by atoms with Gasteiger partial charge in [-0.3, -0.25) is 4.79 Å². The van der Waals surface area contributed by atoms with E-state index in [4.69, 9.17) is 9.97 Å². The number of hydrogen-bond donors (Lipinski definition) is 2. The third kappa shape index (κ3) is 5.69. The van der Waals surface area contributed by atoms with Gasteiger partial charge in [-0.25, -0.2) is 9.97 Å². The van der Waals surface area contributed by atoms with Crippen molar-refractivity contribution in [3.63, 3.8) is 0 Å². The first-order valence-electron chi connectivity index (χ1n) is 13.8. The van der Waals surface area contributed by atoms with Gasteiger partial charge in [-0.05, 0) is 70.9 Å². The molecule has 0 aliphatic heterocycles. The number of nitrogens with one attached hydrogen (secondary N) is 1. The molecule has 198 valence electrons. The molecule has 2 aliphatic carbocycles. The van der Waals surface area contributed by atoms with Crippen LogP contribution in [0.25, 0.3) is 11.4 Å². The molecule has 0 radical (unpaired) electrons. The van der Waals surface area contributed by atoms with E-state index in [9.17, 15) is 9.90 Å².